The van der Waals surface area contributed by atoms with E-state index in [1.165, 1.54) is 12.8 Å². The molecule has 0 heterocycles. The van der Waals surface area contributed by atoms with Crippen LogP contribution in [-0.4, -0.2) is 5.54 Å². The van der Waals surface area contributed by atoms with Gasteiger partial charge in [-0.05, 0) is 49.8 Å². The number of anilines is 1. The molecule has 1 fully saturated rings. The van der Waals surface area contributed by atoms with Gasteiger partial charge < -0.3 is 5.32 Å². The lowest BCUT2D eigenvalue weighted by molar-refractivity contribution is 0.436. The molecule has 1 aliphatic rings. The van der Waals surface area contributed by atoms with Gasteiger partial charge in [-0.1, -0.05) is 41.8 Å². The molecule has 0 spiro atoms. The first kappa shape index (κ1) is 14.4. The zero-order valence-electron chi connectivity index (χ0n) is 11.5. The van der Waals surface area contributed by atoms with E-state index < -0.39 is 0 Å². The minimum Gasteiger partial charge on any atom is -0.367 e. The van der Waals surface area contributed by atoms with Gasteiger partial charge in [0.25, 0.3) is 0 Å². The average molecular weight is 321 g/mol. The number of halogens is 1. The number of rotatable bonds is 3. The first-order chi connectivity index (χ1) is 9.17. The molecule has 1 aliphatic carbocycles. The summed E-state index contributed by atoms with van der Waals surface area (Å²) in [6, 6.07) is 10.6. The molecule has 102 valence electrons. The van der Waals surface area contributed by atoms with Crippen molar-refractivity contribution in [2.45, 2.75) is 51.0 Å². The SMILES string of the molecule is CCC1CCCC(C#N)(Nc2cccc(Br)c2)CC1. The highest BCUT2D eigenvalue weighted by molar-refractivity contribution is 9.10. The van der Waals surface area contributed by atoms with E-state index in [4.69, 9.17) is 0 Å². The lowest BCUT2D eigenvalue weighted by Crippen LogP contribution is -2.36. The molecule has 3 heteroatoms. The van der Waals surface area contributed by atoms with E-state index in [0.717, 1.165) is 41.8 Å². The van der Waals surface area contributed by atoms with E-state index in [2.05, 4.69) is 34.2 Å². The fourth-order valence-corrected chi connectivity index (χ4v) is 3.33. The summed E-state index contributed by atoms with van der Waals surface area (Å²) in [4.78, 5) is 0. The van der Waals surface area contributed by atoms with E-state index in [1.54, 1.807) is 0 Å². The Labute approximate surface area is 124 Å². The molecule has 0 aromatic heterocycles. The minimum atomic E-state index is -0.384. The topological polar surface area (TPSA) is 35.8 Å². The molecule has 0 bridgehead atoms. The van der Waals surface area contributed by atoms with Crippen LogP contribution >= 0.6 is 15.9 Å². The molecule has 0 amide bonds. The monoisotopic (exact) mass is 320 g/mol. The number of benzene rings is 1. The van der Waals surface area contributed by atoms with E-state index in [-0.39, 0.29) is 5.54 Å². The van der Waals surface area contributed by atoms with Gasteiger partial charge in [-0.2, -0.15) is 5.26 Å². The lowest BCUT2D eigenvalue weighted by atomic mass is 9.90. The summed E-state index contributed by atoms with van der Waals surface area (Å²) in [7, 11) is 0. The van der Waals surface area contributed by atoms with Crippen molar-refractivity contribution in [3.63, 3.8) is 0 Å². The molecule has 1 saturated carbocycles. The van der Waals surface area contributed by atoms with Crippen molar-refractivity contribution in [3.8, 4) is 6.07 Å². The van der Waals surface area contributed by atoms with Gasteiger partial charge >= 0.3 is 0 Å². The Morgan fingerprint density at radius 2 is 2.26 bits per heavy atom. The largest absolute Gasteiger partial charge is 0.367 e. The molecular weight excluding hydrogens is 300 g/mol. The Balaban J connectivity index is 2.12. The second kappa shape index (κ2) is 6.43. The normalized spacial score (nSPS) is 27.3. The summed E-state index contributed by atoms with van der Waals surface area (Å²) in [5, 5.41) is 13.1. The standard InChI is InChI=1S/C16H21BrN2/c1-2-13-5-4-9-16(12-18,10-8-13)19-15-7-3-6-14(17)11-15/h3,6-7,11,13,19H,2,4-5,8-10H2,1H3. The van der Waals surface area contributed by atoms with Crippen LogP contribution in [0.1, 0.15) is 45.4 Å². The van der Waals surface area contributed by atoms with Crippen molar-refractivity contribution in [1.82, 2.24) is 0 Å². The molecule has 0 saturated heterocycles. The Kier molecular flexibility index (Phi) is 4.87. The molecule has 0 radical (unpaired) electrons. The van der Waals surface area contributed by atoms with Gasteiger partial charge in [0.05, 0.1) is 6.07 Å². The average Bonchev–Trinajstić information content (AvgIpc) is 2.62. The fourth-order valence-electron chi connectivity index (χ4n) is 2.93. The number of nitrogens with one attached hydrogen (secondary N) is 1. The third kappa shape index (κ3) is 3.73. The van der Waals surface area contributed by atoms with Crippen molar-refractivity contribution in [2.24, 2.45) is 5.92 Å². The van der Waals surface area contributed by atoms with Crippen LogP contribution in [0.4, 0.5) is 5.69 Å². The van der Waals surface area contributed by atoms with E-state index in [1.807, 2.05) is 24.3 Å². The van der Waals surface area contributed by atoms with E-state index in [0.29, 0.717) is 0 Å². The molecule has 2 atom stereocenters. The van der Waals surface area contributed by atoms with Crippen molar-refractivity contribution in [1.29, 1.82) is 5.26 Å². The highest BCUT2D eigenvalue weighted by atomic mass is 79.9. The summed E-state index contributed by atoms with van der Waals surface area (Å²) in [6.07, 6.45) is 6.71. The van der Waals surface area contributed by atoms with Gasteiger partial charge in [-0.25, -0.2) is 0 Å². The van der Waals surface area contributed by atoms with E-state index in [9.17, 15) is 5.26 Å². The summed E-state index contributed by atoms with van der Waals surface area (Å²) < 4.78 is 1.05. The van der Waals surface area contributed by atoms with Crippen molar-refractivity contribution >= 4 is 21.6 Å². The fraction of sp³-hybridized carbons (Fsp3) is 0.562. The number of hydrogen-bond acceptors (Lipinski definition) is 2. The Hall–Kier alpha value is -1.01. The molecule has 2 rings (SSSR count). The highest BCUT2D eigenvalue weighted by Gasteiger charge is 2.32. The van der Waals surface area contributed by atoms with Crippen LogP contribution in [-0.2, 0) is 0 Å². The molecule has 1 N–H and O–H groups in total. The van der Waals surface area contributed by atoms with Crippen molar-refractivity contribution < 1.29 is 0 Å². The quantitative estimate of drug-likeness (QED) is 0.785. The third-order valence-electron chi connectivity index (χ3n) is 4.19. The molecule has 2 unspecified atom stereocenters. The first-order valence-electron chi connectivity index (χ1n) is 7.12. The van der Waals surface area contributed by atoms with Crippen LogP contribution in [0, 0.1) is 17.2 Å². The molecular formula is C16H21BrN2. The lowest BCUT2D eigenvalue weighted by Gasteiger charge is -2.28. The Morgan fingerprint density at radius 3 is 2.95 bits per heavy atom. The predicted molar refractivity (Wildman–Crippen MR) is 83.0 cm³/mol. The Morgan fingerprint density at radius 1 is 1.42 bits per heavy atom. The second-order valence-corrected chi connectivity index (χ2v) is 6.45. The van der Waals surface area contributed by atoms with Crippen LogP contribution in [0.25, 0.3) is 0 Å². The third-order valence-corrected chi connectivity index (χ3v) is 4.69. The zero-order valence-corrected chi connectivity index (χ0v) is 13.0. The van der Waals surface area contributed by atoms with Crippen LogP contribution in [0.3, 0.4) is 0 Å². The number of nitrogens with zero attached hydrogens (tertiary/aromatic N) is 1. The smallest absolute Gasteiger partial charge is 0.125 e. The minimum absolute atomic E-state index is 0.384. The molecule has 2 nitrogen and oxygen atoms in total. The summed E-state index contributed by atoms with van der Waals surface area (Å²) in [5.74, 6) is 0.791. The van der Waals surface area contributed by atoms with Gasteiger partial charge in [0.2, 0.25) is 0 Å². The van der Waals surface area contributed by atoms with Crippen LogP contribution in [0.2, 0.25) is 0 Å². The highest BCUT2D eigenvalue weighted by Crippen LogP contribution is 2.34. The van der Waals surface area contributed by atoms with Crippen molar-refractivity contribution in [2.75, 3.05) is 5.32 Å². The van der Waals surface area contributed by atoms with Gasteiger partial charge in [-0.3, -0.25) is 0 Å². The van der Waals surface area contributed by atoms with Crippen LogP contribution in [0.15, 0.2) is 28.7 Å². The maximum atomic E-state index is 9.63. The van der Waals surface area contributed by atoms with Crippen molar-refractivity contribution in [3.05, 3.63) is 28.7 Å². The maximum Gasteiger partial charge on any atom is 0.125 e. The summed E-state index contributed by atoms with van der Waals surface area (Å²) in [5.41, 5.74) is 0.649. The van der Waals surface area contributed by atoms with Gasteiger partial charge in [0, 0.05) is 10.2 Å². The maximum absolute atomic E-state index is 9.63. The van der Waals surface area contributed by atoms with Gasteiger partial charge in [0.15, 0.2) is 0 Å². The Bertz CT molecular complexity index is 466. The molecule has 19 heavy (non-hydrogen) atoms. The van der Waals surface area contributed by atoms with Gasteiger partial charge in [0.1, 0.15) is 5.54 Å². The summed E-state index contributed by atoms with van der Waals surface area (Å²) in [6.45, 7) is 2.26. The van der Waals surface area contributed by atoms with Crippen LogP contribution < -0.4 is 5.32 Å². The second-order valence-electron chi connectivity index (χ2n) is 5.53. The molecule has 1 aromatic rings. The van der Waals surface area contributed by atoms with Gasteiger partial charge in [-0.15, -0.1) is 0 Å². The molecule has 1 aromatic carbocycles. The van der Waals surface area contributed by atoms with E-state index >= 15 is 0 Å². The van der Waals surface area contributed by atoms with Crippen LogP contribution in [0.5, 0.6) is 0 Å². The number of hydrogen-bond donors (Lipinski definition) is 1. The molecule has 0 aliphatic heterocycles. The predicted octanol–water partition coefficient (Wildman–Crippen LogP) is 5.11. The summed E-state index contributed by atoms with van der Waals surface area (Å²) >= 11 is 3.48. The zero-order chi connectivity index (χ0) is 13.7. The first-order valence-corrected chi connectivity index (χ1v) is 7.92. The number of nitriles is 1.